The molecule has 1 N–H and O–H groups in total. The van der Waals surface area contributed by atoms with E-state index in [0.29, 0.717) is 5.69 Å². The van der Waals surface area contributed by atoms with Crippen molar-refractivity contribution in [3.05, 3.63) is 18.0 Å². The van der Waals surface area contributed by atoms with Gasteiger partial charge >= 0.3 is 6.18 Å². The first-order valence-electron chi connectivity index (χ1n) is 5.80. The van der Waals surface area contributed by atoms with E-state index in [1.54, 1.807) is 13.0 Å². The second-order valence-corrected chi connectivity index (χ2v) is 4.66. The number of carbonyl (C=O) groups is 1. The van der Waals surface area contributed by atoms with Crippen molar-refractivity contribution < 1.29 is 23.1 Å². The largest absolute Gasteiger partial charge is 0.438 e. The zero-order valence-electron chi connectivity index (χ0n) is 10.8. The highest BCUT2D eigenvalue weighted by molar-refractivity contribution is 5.89. The molecule has 2 rings (SSSR count). The molecule has 20 heavy (non-hydrogen) atoms. The minimum absolute atomic E-state index is 0.0374. The van der Waals surface area contributed by atoms with Gasteiger partial charge in [-0.15, -0.1) is 0 Å². The van der Waals surface area contributed by atoms with Crippen LogP contribution in [0.15, 0.2) is 17.4 Å². The highest BCUT2D eigenvalue weighted by atomic mass is 19.4. The third-order valence-electron chi connectivity index (χ3n) is 3.03. The smallest absolute Gasteiger partial charge is 0.362 e. The number of aryl methyl sites for hydroxylation is 1. The van der Waals surface area contributed by atoms with Crippen LogP contribution in [-0.4, -0.2) is 43.4 Å². The van der Waals surface area contributed by atoms with Crippen LogP contribution in [0, 0.1) is 6.92 Å². The molecule has 1 aliphatic rings. The minimum atomic E-state index is -4.98. The van der Waals surface area contributed by atoms with Gasteiger partial charge in [-0.2, -0.15) is 28.4 Å². The molecule has 1 amide bonds. The molecule has 110 valence electrons. The van der Waals surface area contributed by atoms with Gasteiger partial charge in [0.15, 0.2) is 0 Å². The van der Waals surface area contributed by atoms with Gasteiger partial charge in [-0.1, -0.05) is 0 Å². The predicted molar refractivity (Wildman–Crippen MR) is 62.5 cm³/mol. The fourth-order valence-corrected chi connectivity index (χ4v) is 1.96. The Morgan fingerprint density at radius 2 is 2.15 bits per heavy atom. The number of nitrogens with zero attached hydrogens (tertiary/aromatic N) is 4. The molecule has 6 nitrogen and oxygen atoms in total. The number of aromatic nitrogens is 2. The summed E-state index contributed by atoms with van der Waals surface area (Å²) < 4.78 is 40.1. The van der Waals surface area contributed by atoms with E-state index in [0.717, 1.165) is 0 Å². The zero-order chi connectivity index (χ0) is 15.1. The Bertz CT molecular complexity index is 566. The second-order valence-electron chi connectivity index (χ2n) is 4.66. The van der Waals surface area contributed by atoms with Crippen LogP contribution >= 0.6 is 0 Å². The van der Waals surface area contributed by atoms with Gasteiger partial charge in [-0.05, 0) is 19.9 Å². The molecule has 1 aromatic heterocycles. The van der Waals surface area contributed by atoms with E-state index in [-0.39, 0.29) is 10.7 Å². The predicted octanol–water partition coefficient (Wildman–Crippen LogP) is 1.05. The Balaban J connectivity index is 2.26. The van der Waals surface area contributed by atoms with E-state index < -0.39 is 30.8 Å². The Kier molecular flexibility index (Phi) is 3.32. The monoisotopic (exact) mass is 290 g/mol. The number of hydrogen-bond donors (Lipinski definition) is 1. The Hall–Kier alpha value is -1.90. The lowest BCUT2D eigenvalue weighted by Gasteiger charge is -2.32. The van der Waals surface area contributed by atoms with E-state index in [1.807, 2.05) is 0 Å². The summed E-state index contributed by atoms with van der Waals surface area (Å²) in [6.07, 6.45) is -4.31. The van der Waals surface area contributed by atoms with Crippen molar-refractivity contribution in [2.75, 3.05) is 0 Å². The van der Waals surface area contributed by atoms with E-state index >= 15 is 0 Å². The first kappa shape index (κ1) is 14.5. The SMILES string of the molecule is CC1=NN(C(=O)Cn2nccc2C)C(O)(C(F)(F)F)C1. The second kappa shape index (κ2) is 4.58. The van der Waals surface area contributed by atoms with Gasteiger partial charge in [0.05, 0.1) is 0 Å². The average molecular weight is 290 g/mol. The molecule has 1 unspecified atom stereocenters. The number of carbonyl (C=O) groups excluding carboxylic acids is 1. The molecule has 0 spiro atoms. The summed E-state index contributed by atoms with van der Waals surface area (Å²) in [6.45, 7) is 2.56. The molecule has 0 radical (unpaired) electrons. The molecule has 2 heterocycles. The molecule has 1 aliphatic heterocycles. The number of rotatable bonds is 2. The van der Waals surface area contributed by atoms with Crippen LogP contribution in [0.3, 0.4) is 0 Å². The lowest BCUT2D eigenvalue weighted by atomic mass is 10.1. The highest BCUT2D eigenvalue weighted by Gasteiger charge is 2.62. The van der Waals surface area contributed by atoms with Crippen LogP contribution in [0.4, 0.5) is 13.2 Å². The van der Waals surface area contributed by atoms with Gasteiger partial charge in [0.25, 0.3) is 11.6 Å². The highest BCUT2D eigenvalue weighted by Crippen LogP contribution is 2.40. The van der Waals surface area contributed by atoms with Crippen LogP contribution < -0.4 is 0 Å². The van der Waals surface area contributed by atoms with Gasteiger partial charge in [0.2, 0.25) is 0 Å². The summed E-state index contributed by atoms with van der Waals surface area (Å²) in [5.41, 5.74) is -2.63. The third-order valence-corrected chi connectivity index (χ3v) is 3.03. The van der Waals surface area contributed by atoms with Gasteiger partial charge in [0.1, 0.15) is 6.54 Å². The molecule has 0 saturated carbocycles. The molecule has 0 aromatic carbocycles. The van der Waals surface area contributed by atoms with Crippen molar-refractivity contribution in [1.29, 1.82) is 0 Å². The first-order chi connectivity index (χ1) is 9.15. The molecular formula is C11H13F3N4O2. The maximum Gasteiger partial charge on any atom is 0.438 e. The number of alkyl halides is 3. The maximum absolute atomic E-state index is 12.9. The number of halogens is 3. The van der Waals surface area contributed by atoms with Crippen LogP contribution in [-0.2, 0) is 11.3 Å². The fourth-order valence-electron chi connectivity index (χ4n) is 1.96. The first-order valence-corrected chi connectivity index (χ1v) is 5.80. The minimum Gasteiger partial charge on any atom is -0.362 e. The Morgan fingerprint density at radius 3 is 2.65 bits per heavy atom. The Labute approximate surface area is 112 Å². The van der Waals surface area contributed by atoms with Crippen LogP contribution in [0.5, 0.6) is 0 Å². The Morgan fingerprint density at radius 1 is 1.50 bits per heavy atom. The lowest BCUT2D eigenvalue weighted by Crippen LogP contribution is -2.57. The molecule has 0 bridgehead atoms. The van der Waals surface area contributed by atoms with E-state index in [4.69, 9.17) is 0 Å². The topological polar surface area (TPSA) is 70.7 Å². The van der Waals surface area contributed by atoms with Gasteiger partial charge in [-0.3, -0.25) is 9.48 Å². The summed E-state index contributed by atoms with van der Waals surface area (Å²) in [5, 5.41) is 17.2. The van der Waals surface area contributed by atoms with E-state index in [2.05, 4.69) is 10.2 Å². The maximum atomic E-state index is 12.9. The van der Waals surface area contributed by atoms with Crippen molar-refractivity contribution in [2.45, 2.75) is 38.7 Å². The van der Waals surface area contributed by atoms with Crippen molar-refractivity contribution in [1.82, 2.24) is 14.8 Å². The average Bonchev–Trinajstić information content (AvgIpc) is 2.83. The van der Waals surface area contributed by atoms with Crippen molar-refractivity contribution in [3.63, 3.8) is 0 Å². The summed E-state index contributed by atoms with van der Waals surface area (Å²) in [5.74, 6) is -0.978. The molecule has 0 fully saturated rings. The molecule has 0 saturated heterocycles. The summed E-state index contributed by atoms with van der Waals surface area (Å²) in [7, 11) is 0. The van der Waals surface area contributed by atoms with Crippen molar-refractivity contribution in [3.8, 4) is 0 Å². The van der Waals surface area contributed by atoms with E-state index in [9.17, 15) is 23.1 Å². The summed E-state index contributed by atoms with van der Waals surface area (Å²) >= 11 is 0. The molecule has 9 heteroatoms. The van der Waals surface area contributed by atoms with Crippen LogP contribution in [0.25, 0.3) is 0 Å². The number of amides is 1. The quantitative estimate of drug-likeness (QED) is 0.885. The molecular weight excluding hydrogens is 277 g/mol. The summed E-state index contributed by atoms with van der Waals surface area (Å²) in [4.78, 5) is 12.0. The number of hydrazone groups is 1. The molecule has 1 aromatic rings. The normalized spacial score (nSPS) is 23.1. The van der Waals surface area contributed by atoms with Crippen molar-refractivity contribution >= 4 is 11.6 Å². The lowest BCUT2D eigenvalue weighted by molar-refractivity contribution is -0.302. The number of hydrogen-bond acceptors (Lipinski definition) is 4. The van der Waals surface area contributed by atoms with Gasteiger partial charge in [0, 0.05) is 24.0 Å². The van der Waals surface area contributed by atoms with Crippen LogP contribution in [0.2, 0.25) is 0 Å². The fraction of sp³-hybridized carbons (Fsp3) is 0.545. The van der Waals surface area contributed by atoms with Gasteiger partial charge in [-0.25, -0.2) is 0 Å². The van der Waals surface area contributed by atoms with Gasteiger partial charge < -0.3 is 5.11 Å². The zero-order valence-corrected chi connectivity index (χ0v) is 10.8. The van der Waals surface area contributed by atoms with Crippen molar-refractivity contribution in [2.24, 2.45) is 5.10 Å². The molecule has 1 atom stereocenters. The third kappa shape index (κ3) is 2.28. The summed E-state index contributed by atoms with van der Waals surface area (Å²) in [6, 6.07) is 1.61. The standard InChI is InChI=1S/C11H13F3N4O2/c1-7-5-10(20,11(12,13)14)18(16-7)9(19)6-17-8(2)3-4-15-17/h3-4,20H,5-6H2,1-2H3. The number of aliphatic hydroxyl groups is 1. The van der Waals surface area contributed by atoms with E-state index in [1.165, 1.54) is 17.8 Å². The van der Waals surface area contributed by atoms with Crippen LogP contribution in [0.1, 0.15) is 19.0 Å². The molecule has 0 aliphatic carbocycles.